The van der Waals surface area contributed by atoms with Crippen molar-refractivity contribution in [3.05, 3.63) is 28.5 Å². The molecule has 0 unspecified atom stereocenters. The van der Waals surface area contributed by atoms with Crippen LogP contribution in [0.4, 0.5) is 4.39 Å². The minimum atomic E-state index is -0.349. The second-order valence-electron chi connectivity index (χ2n) is 1.66. The standard InChI is InChI=1S/C6H3BrFOS/c7-5-3-4(10-9)1-2-6(5)8/h1-3H/q+1. The van der Waals surface area contributed by atoms with Crippen molar-refractivity contribution >= 4 is 27.6 Å². The average Bonchev–Trinajstić information content (AvgIpc) is 1.95. The van der Waals surface area contributed by atoms with Crippen LogP contribution in [-0.4, -0.2) is 0 Å². The molecule has 0 saturated carbocycles. The molecule has 0 radical (unpaired) electrons. The minimum Gasteiger partial charge on any atom is -0.206 e. The van der Waals surface area contributed by atoms with E-state index < -0.39 is 0 Å². The fourth-order valence-electron chi connectivity index (χ4n) is 0.529. The van der Waals surface area contributed by atoms with Crippen molar-refractivity contribution in [1.82, 2.24) is 0 Å². The molecule has 0 atom stereocenters. The molecule has 0 N–H and O–H groups in total. The van der Waals surface area contributed by atoms with Crippen LogP contribution in [0.1, 0.15) is 0 Å². The molecule has 0 heterocycles. The van der Waals surface area contributed by atoms with Gasteiger partial charge in [-0.2, -0.15) is 0 Å². The van der Waals surface area contributed by atoms with E-state index in [-0.39, 0.29) is 5.82 Å². The highest BCUT2D eigenvalue weighted by Gasteiger charge is 2.08. The summed E-state index contributed by atoms with van der Waals surface area (Å²) < 4.78 is 23.0. The SMILES string of the molecule is O=[S+]c1ccc(F)c(Br)c1. The van der Waals surface area contributed by atoms with Crippen LogP contribution < -0.4 is 0 Å². The molecule has 4 heteroatoms. The summed E-state index contributed by atoms with van der Waals surface area (Å²) in [6.07, 6.45) is 0. The molecule has 10 heavy (non-hydrogen) atoms. The normalized spacial score (nSPS) is 9.40. The van der Waals surface area contributed by atoms with Crippen molar-refractivity contribution < 1.29 is 8.60 Å². The Bertz CT molecular complexity index is 264. The third kappa shape index (κ3) is 1.58. The third-order valence-electron chi connectivity index (χ3n) is 0.987. The maximum Gasteiger partial charge on any atom is 0.505 e. The van der Waals surface area contributed by atoms with Crippen LogP contribution >= 0.6 is 15.9 Å². The van der Waals surface area contributed by atoms with Crippen molar-refractivity contribution in [3.63, 3.8) is 0 Å². The highest BCUT2D eigenvalue weighted by molar-refractivity contribution is 9.10. The predicted octanol–water partition coefficient (Wildman–Crippen LogP) is 2.38. The fourth-order valence-corrected chi connectivity index (χ4v) is 1.35. The van der Waals surface area contributed by atoms with Gasteiger partial charge in [-0.3, -0.25) is 0 Å². The van der Waals surface area contributed by atoms with Crippen molar-refractivity contribution in [2.24, 2.45) is 0 Å². The summed E-state index contributed by atoms with van der Waals surface area (Å²) in [5.41, 5.74) is 0. The Balaban J connectivity index is 3.16. The second kappa shape index (κ2) is 3.16. The zero-order valence-electron chi connectivity index (χ0n) is 4.80. The van der Waals surface area contributed by atoms with Crippen LogP contribution in [0.5, 0.6) is 0 Å². The van der Waals surface area contributed by atoms with Gasteiger partial charge < -0.3 is 0 Å². The van der Waals surface area contributed by atoms with Crippen LogP contribution in [-0.2, 0) is 15.9 Å². The highest BCUT2D eigenvalue weighted by Crippen LogP contribution is 2.16. The molecule has 1 rings (SSSR count). The van der Waals surface area contributed by atoms with Gasteiger partial charge in [0.1, 0.15) is 5.82 Å². The summed E-state index contributed by atoms with van der Waals surface area (Å²) in [7, 11) is 0. The molecule has 0 aliphatic heterocycles. The third-order valence-corrected chi connectivity index (χ3v) is 2.04. The van der Waals surface area contributed by atoms with Gasteiger partial charge in [0.2, 0.25) is 0 Å². The Morgan fingerprint density at radius 2 is 2.20 bits per heavy atom. The van der Waals surface area contributed by atoms with Gasteiger partial charge in [-0.25, -0.2) is 4.39 Å². The molecule has 0 aromatic heterocycles. The summed E-state index contributed by atoms with van der Waals surface area (Å²) in [6, 6.07) is 4.15. The van der Waals surface area contributed by atoms with Gasteiger partial charge in [-0.15, -0.1) is 0 Å². The first-order chi connectivity index (χ1) is 4.74. The smallest absolute Gasteiger partial charge is 0.206 e. The Hall–Kier alpha value is -0.350. The zero-order valence-corrected chi connectivity index (χ0v) is 7.21. The summed E-state index contributed by atoms with van der Waals surface area (Å²) in [5, 5.41) is 0. The Morgan fingerprint density at radius 1 is 1.50 bits per heavy atom. The van der Waals surface area contributed by atoms with Gasteiger partial charge in [-0.1, -0.05) is 0 Å². The number of rotatable bonds is 1. The molecule has 1 aromatic rings. The second-order valence-corrected chi connectivity index (χ2v) is 3.15. The topological polar surface area (TPSA) is 17.1 Å². The molecule has 0 amide bonds. The predicted molar refractivity (Wildman–Crippen MR) is 40.4 cm³/mol. The first kappa shape index (κ1) is 7.75. The summed E-state index contributed by atoms with van der Waals surface area (Å²) in [6.45, 7) is 0. The monoisotopic (exact) mass is 221 g/mol. The van der Waals surface area contributed by atoms with E-state index in [1.165, 1.54) is 18.2 Å². The average molecular weight is 222 g/mol. The lowest BCUT2D eigenvalue weighted by molar-refractivity contribution is 0.603. The lowest BCUT2D eigenvalue weighted by Gasteiger charge is -1.86. The Kier molecular flexibility index (Phi) is 2.45. The maximum absolute atomic E-state index is 12.5. The lowest BCUT2D eigenvalue weighted by Crippen LogP contribution is -1.78. The Morgan fingerprint density at radius 3 is 2.70 bits per heavy atom. The van der Waals surface area contributed by atoms with Gasteiger partial charge in [0.25, 0.3) is 4.90 Å². The first-order valence-corrected chi connectivity index (χ1v) is 4.02. The number of halogens is 2. The molecule has 0 spiro atoms. The van der Waals surface area contributed by atoms with Crippen molar-refractivity contribution in [2.45, 2.75) is 4.90 Å². The van der Waals surface area contributed by atoms with Crippen molar-refractivity contribution in [1.29, 1.82) is 0 Å². The van der Waals surface area contributed by atoms with Crippen LogP contribution in [0, 0.1) is 5.82 Å². The van der Waals surface area contributed by atoms with Gasteiger partial charge in [0.05, 0.1) is 4.47 Å². The van der Waals surface area contributed by atoms with E-state index >= 15 is 0 Å². The van der Waals surface area contributed by atoms with E-state index in [0.29, 0.717) is 21.0 Å². The highest BCUT2D eigenvalue weighted by atomic mass is 79.9. The molecule has 1 nitrogen and oxygen atoms in total. The number of benzene rings is 1. The van der Waals surface area contributed by atoms with Crippen molar-refractivity contribution in [2.75, 3.05) is 0 Å². The van der Waals surface area contributed by atoms with Crippen LogP contribution in [0.15, 0.2) is 27.6 Å². The summed E-state index contributed by atoms with van der Waals surface area (Å²) >= 11 is 3.30. The van der Waals surface area contributed by atoms with Gasteiger partial charge in [0.15, 0.2) is 0 Å². The van der Waals surface area contributed by atoms with Crippen LogP contribution in [0.25, 0.3) is 0 Å². The van der Waals surface area contributed by atoms with Gasteiger partial charge >= 0.3 is 11.7 Å². The molecular formula is C6H3BrFOS+. The molecule has 0 bridgehead atoms. The summed E-state index contributed by atoms with van der Waals surface area (Å²) in [5.74, 6) is -0.349. The number of hydrogen-bond acceptors (Lipinski definition) is 1. The molecule has 52 valence electrons. The minimum absolute atomic E-state index is 0.327. The van der Waals surface area contributed by atoms with E-state index in [1.807, 2.05) is 0 Å². The number of hydrogen-bond donors (Lipinski definition) is 0. The van der Waals surface area contributed by atoms with Crippen molar-refractivity contribution in [3.8, 4) is 0 Å². The van der Waals surface area contributed by atoms with E-state index in [9.17, 15) is 8.60 Å². The fraction of sp³-hybridized carbons (Fsp3) is 0. The lowest BCUT2D eigenvalue weighted by atomic mass is 10.3. The van der Waals surface area contributed by atoms with Crippen LogP contribution in [0.2, 0.25) is 0 Å². The maximum atomic E-state index is 12.5. The largest absolute Gasteiger partial charge is 0.505 e. The molecule has 0 fully saturated rings. The quantitative estimate of drug-likeness (QED) is 0.666. The first-order valence-electron chi connectivity index (χ1n) is 2.49. The van der Waals surface area contributed by atoms with E-state index in [2.05, 4.69) is 15.9 Å². The molecular weight excluding hydrogens is 219 g/mol. The van der Waals surface area contributed by atoms with E-state index in [0.717, 1.165) is 0 Å². The summed E-state index contributed by atoms with van der Waals surface area (Å²) in [4.78, 5) is 0.508. The van der Waals surface area contributed by atoms with E-state index in [4.69, 9.17) is 0 Å². The Labute approximate surface area is 69.9 Å². The molecule has 0 aliphatic carbocycles. The molecule has 0 aliphatic rings. The molecule has 0 saturated heterocycles. The van der Waals surface area contributed by atoms with Gasteiger partial charge in [-0.05, 0) is 22.0 Å². The van der Waals surface area contributed by atoms with Gasteiger partial charge in [0, 0.05) is 16.3 Å². The molecule has 1 aromatic carbocycles. The van der Waals surface area contributed by atoms with E-state index in [1.54, 1.807) is 0 Å². The van der Waals surface area contributed by atoms with Crippen LogP contribution in [0.3, 0.4) is 0 Å². The zero-order chi connectivity index (χ0) is 7.56.